The second kappa shape index (κ2) is 13.8. The van der Waals surface area contributed by atoms with Crippen LogP contribution in [0.1, 0.15) is 6.92 Å². The van der Waals surface area contributed by atoms with Crippen molar-refractivity contribution in [1.82, 2.24) is 10.2 Å². The third kappa shape index (κ3) is 10.4. The van der Waals surface area contributed by atoms with E-state index in [0.717, 1.165) is 50.8 Å². The Balaban J connectivity index is 0.000000527. The summed E-state index contributed by atoms with van der Waals surface area (Å²) in [5.41, 5.74) is 0. The fourth-order valence-electron chi connectivity index (χ4n) is 2.29. The Kier molecular flexibility index (Phi) is 11.6. The van der Waals surface area contributed by atoms with Gasteiger partial charge >= 0.3 is 11.9 Å². The van der Waals surface area contributed by atoms with Gasteiger partial charge in [-0.2, -0.15) is 0 Å². The van der Waals surface area contributed by atoms with Crippen molar-refractivity contribution >= 4 is 11.9 Å². The number of aliphatic carboxylic acids is 2. The number of piperazine rings is 1. The summed E-state index contributed by atoms with van der Waals surface area (Å²) in [4.78, 5) is 20.6. The summed E-state index contributed by atoms with van der Waals surface area (Å²) in [5, 5.41) is 18.1. The van der Waals surface area contributed by atoms with Gasteiger partial charge in [-0.05, 0) is 19.1 Å². The molecule has 0 radical (unpaired) electrons. The van der Waals surface area contributed by atoms with Gasteiger partial charge in [-0.15, -0.1) is 0 Å². The largest absolute Gasteiger partial charge is 0.490 e. The van der Waals surface area contributed by atoms with Crippen LogP contribution in [0.25, 0.3) is 0 Å². The molecule has 152 valence electrons. The van der Waals surface area contributed by atoms with Crippen molar-refractivity contribution in [3.63, 3.8) is 0 Å². The average molecular weight is 384 g/mol. The van der Waals surface area contributed by atoms with Crippen LogP contribution in [0.4, 0.5) is 0 Å². The van der Waals surface area contributed by atoms with Gasteiger partial charge in [-0.3, -0.25) is 4.90 Å². The molecule has 0 saturated carbocycles. The van der Waals surface area contributed by atoms with Gasteiger partial charge in [0.2, 0.25) is 0 Å². The maximum Gasteiger partial charge on any atom is 0.414 e. The van der Waals surface area contributed by atoms with E-state index in [1.54, 1.807) is 0 Å². The molecule has 1 aliphatic heterocycles. The molecular weight excluding hydrogens is 356 g/mol. The summed E-state index contributed by atoms with van der Waals surface area (Å²) >= 11 is 0. The summed E-state index contributed by atoms with van der Waals surface area (Å²) in [7, 11) is 0. The molecule has 3 N–H and O–H groups in total. The van der Waals surface area contributed by atoms with E-state index in [4.69, 9.17) is 34.0 Å². The molecule has 0 bridgehead atoms. The first-order valence-corrected chi connectivity index (χ1v) is 8.86. The molecular formula is C18H28N2O7. The Morgan fingerprint density at radius 3 is 2.15 bits per heavy atom. The second-order valence-electron chi connectivity index (χ2n) is 5.54. The van der Waals surface area contributed by atoms with Gasteiger partial charge in [-0.25, -0.2) is 9.59 Å². The monoisotopic (exact) mass is 384 g/mol. The SMILES string of the molecule is CCOc1ccccc1OCCOCCN1CCNCC1.O=C(O)C(=O)O. The first-order valence-electron chi connectivity index (χ1n) is 8.86. The predicted molar refractivity (Wildman–Crippen MR) is 98.5 cm³/mol. The number of carbonyl (C=O) groups is 2. The summed E-state index contributed by atoms with van der Waals surface area (Å²) in [6.45, 7) is 9.90. The van der Waals surface area contributed by atoms with Crippen molar-refractivity contribution in [3.05, 3.63) is 24.3 Å². The number of nitrogens with one attached hydrogen (secondary N) is 1. The van der Waals surface area contributed by atoms with E-state index in [1.165, 1.54) is 0 Å². The Morgan fingerprint density at radius 2 is 1.59 bits per heavy atom. The predicted octanol–water partition coefficient (Wildman–Crippen LogP) is 0.542. The molecule has 1 aliphatic rings. The van der Waals surface area contributed by atoms with E-state index in [9.17, 15) is 0 Å². The standard InChI is InChI=1S/C16H26N2O3.C2H2O4/c1-2-20-15-5-3-4-6-16(15)21-14-13-19-12-11-18-9-7-17-8-10-18;3-1(4)2(5)6/h3-6,17H,2,7-14H2,1H3;(H,3,4)(H,5,6). The van der Waals surface area contributed by atoms with Crippen molar-refractivity contribution in [1.29, 1.82) is 0 Å². The summed E-state index contributed by atoms with van der Waals surface area (Å²) < 4.78 is 16.9. The van der Waals surface area contributed by atoms with Gasteiger partial charge in [0, 0.05) is 32.7 Å². The highest BCUT2D eigenvalue weighted by molar-refractivity contribution is 6.27. The van der Waals surface area contributed by atoms with Crippen LogP contribution in [0.5, 0.6) is 11.5 Å². The highest BCUT2D eigenvalue weighted by Gasteiger charge is 2.08. The van der Waals surface area contributed by atoms with E-state index in [-0.39, 0.29) is 0 Å². The number of carboxylic acid groups (broad SMARTS) is 2. The number of benzene rings is 1. The van der Waals surface area contributed by atoms with Crippen molar-refractivity contribution in [2.24, 2.45) is 0 Å². The molecule has 2 rings (SSSR count). The Morgan fingerprint density at radius 1 is 1.00 bits per heavy atom. The van der Waals surface area contributed by atoms with E-state index in [1.807, 2.05) is 31.2 Å². The molecule has 1 aromatic carbocycles. The molecule has 0 spiro atoms. The fourth-order valence-corrected chi connectivity index (χ4v) is 2.29. The fraction of sp³-hybridized carbons (Fsp3) is 0.556. The molecule has 0 aliphatic carbocycles. The lowest BCUT2D eigenvalue weighted by Gasteiger charge is -2.26. The summed E-state index contributed by atoms with van der Waals surface area (Å²) in [5.74, 6) is -2.07. The van der Waals surface area contributed by atoms with Crippen LogP contribution >= 0.6 is 0 Å². The van der Waals surface area contributed by atoms with E-state index in [0.29, 0.717) is 19.8 Å². The van der Waals surface area contributed by atoms with Gasteiger partial charge in [0.1, 0.15) is 6.61 Å². The third-order valence-corrected chi connectivity index (χ3v) is 3.58. The van der Waals surface area contributed by atoms with Gasteiger partial charge in [0.25, 0.3) is 0 Å². The number of hydrogen-bond acceptors (Lipinski definition) is 7. The molecule has 0 amide bonds. The molecule has 1 aromatic rings. The molecule has 0 atom stereocenters. The quantitative estimate of drug-likeness (QED) is 0.414. The zero-order chi connectivity index (χ0) is 19.9. The molecule has 1 saturated heterocycles. The molecule has 27 heavy (non-hydrogen) atoms. The molecule has 1 heterocycles. The lowest BCUT2D eigenvalue weighted by molar-refractivity contribution is -0.159. The van der Waals surface area contributed by atoms with E-state index >= 15 is 0 Å². The van der Waals surface area contributed by atoms with Gasteiger partial charge < -0.3 is 29.7 Å². The van der Waals surface area contributed by atoms with Crippen LogP contribution in [-0.4, -0.2) is 86.2 Å². The van der Waals surface area contributed by atoms with E-state index < -0.39 is 11.9 Å². The molecule has 0 aromatic heterocycles. The number of ether oxygens (including phenoxy) is 3. The molecule has 0 unspecified atom stereocenters. The molecule has 9 heteroatoms. The Bertz CT molecular complexity index is 550. The van der Waals surface area contributed by atoms with Crippen LogP contribution in [-0.2, 0) is 14.3 Å². The molecule has 9 nitrogen and oxygen atoms in total. The third-order valence-electron chi connectivity index (χ3n) is 3.58. The highest BCUT2D eigenvalue weighted by atomic mass is 16.5. The molecule has 1 fully saturated rings. The number of para-hydroxylation sites is 2. The first-order chi connectivity index (χ1) is 13.0. The zero-order valence-corrected chi connectivity index (χ0v) is 15.6. The maximum atomic E-state index is 9.10. The number of rotatable bonds is 9. The minimum absolute atomic E-state index is 0.547. The van der Waals surface area contributed by atoms with Crippen LogP contribution in [0.15, 0.2) is 24.3 Å². The summed E-state index contributed by atoms with van der Waals surface area (Å²) in [6, 6.07) is 7.74. The van der Waals surface area contributed by atoms with Crippen molar-refractivity contribution in [3.8, 4) is 11.5 Å². The van der Waals surface area contributed by atoms with Crippen LogP contribution in [0.3, 0.4) is 0 Å². The normalized spacial score (nSPS) is 14.0. The second-order valence-corrected chi connectivity index (χ2v) is 5.54. The Labute approximate surface area is 158 Å². The maximum absolute atomic E-state index is 9.10. The number of hydrogen-bond donors (Lipinski definition) is 3. The smallest absolute Gasteiger partial charge is 0.414 e. The number of carboxylic acids is 2. The van der Waals surface area contributed by atoms with Gasteiger partial charge in [0.05, 0.1) is 19.8 Å². The number of nitrogens with zero attached hydrogens (tertiary/aromatic N) is 1. The Hall–Kier alpha value is -2.36. The van der Waals surface area contributed by atoms with Crippen molar-refractivity contribution < 1.29 is 34.0 Å². The van der Waals surface area contributed by atoms with Crippen molar-refractivity contribution in [2.75, 3.05) is 59.2 Å². The lowest BCUT2D eigenvalue weighted by Crippen LogP contribution is -2.44. The first kappa shape index (κ1) is 22.7. The summed E-state index contributed by atoms with van der Waals surface area (Å²) in [6.07, 6.45) is 0. The minimum Gasteiger partial charge on any atom is -0.490 e. The van der Waals surface area contributed by atoms with Crippen LogP contribution in [0.2, 0.25) is 0 Å². The van der Waals surface area contributed by atoms with Crippen molar-refractivity contribution in [2.45, 2.75) is 6.92 Å². The minimum atomic E-state index is -1.82. The zero-order valence-electron chi connectivity index (χ0n) is 15.6. The highest BCUT2D eigenvalue weighted by Crippen LogP contribution is 2.26. The average Bonchev–Trinajstić information content (AvgIpc) is 2.67. The van der Waals surface area contributed by atoms with E-state index in [2.05, 4.69) is 10.2 Å². The van der Waals surface area contributed by atoms with Gasteiger partial charge in [-0.1, -0.05) is 12.1 Å². The van der Waals surface area contributed by atoms with Crippen LogP contribution in [0, 0.1) is 0 Å². The van der Waals surface area contributed by atoms with Gasteiger partial charge in [0.15, 0.2) is 11.5 Å². The van der Waals surface area contributed by atoms with Crippen LogP contribution < -0.4 is 14.8 Å². The lowest BCUT2D eigenvalue weighted by atomic mass is 10.3. The topological polar surface area (TPSA) is 118 Å².